The maximum Gasteiger partial charge on any atom is 0.282 e. The number of ketones is 1. The van der Waals surface area contributed by atoms with Crippen LogP contribution in [0.2, 0.25) is 0 Å². The van der Waals surface area contributed by atoms with Gasteiger partial charge in [0, 0.05) is 0 Å². The molecule has 0 saturated heterocycles. The highest BCUT2D eigenvalue weighted by atomic mass is 35.5. The number of nitrogens with zero attached hydrogens (tertiary/aromatic N) is 1. The highest BCUT2D eigenvalue weighted by molar-refractivity contribution is 7.90. The Kier molecular flexibility index (Phi) is 4.90. The van der Waals surface area contributed by atoms with Crippen LogP contribution in [0.3, 0.4) is 0 Å². The first kappa shape index (κ1) is 16.9. The van der Waals surface area contributed by atoms with E-state index >= 15 is 0 Å². The summed E-state index contributed by atoms with van der Waals surface area (Å²) in [6, 6.07) is 6.49. The van der Waals surface area contributed by atoms with E-state index in [4.69, 9.17) is 23.2 Å². The molecule has 1 aromatic carbocycles. The molecule has 116 valence electrons. The van der Waals surface area contributed by atoms with Crippen molar-refractivity contribution in [2.45, 2.75) is 24.7 Å². The second-order valence-corrected chi connectivity index (χ2v) is 7.45. The normalized spacial score (nSPS) is 15.7. The Labute approximate surface area is 139 Å². The Morgan fingerprint density at radius 3 is 1.95 bits per heavy atom. The van der Waals surface area contributed by atoms with Crippen LogP contribution >= 0.6 is 23.2 Å². The number of halogens is 2. The molecule has 1 aliphatic carbocycles. The molecule has 1 aromatic rings. The molecule has 4 nitrogen and oxygen atoms in total. The molecule has 0 spiro atoms. The minimum absolute atomic E-state index is 0.0162. The Balaban J connectivity index is 2.39. The van der Waals surface area contributed by atoms with Gasteiger partial charge in [0.2, 0.25) is 5.78 Å². The van der Waals surface area contributed by atoms with E-state index in [9.17, 15) is 13.2 Å². The average molecular weight is 358 g/mol. The van der Waals surface area contributed by atoms with Gasteiger partial charge >= 0.3 is 0 Å². The van der Waals surface area contributed by atoms with Crippen LogP contribution in [0.25, 0.3) is 0 Å². The minimum atomic E-state index is -3.90. The van der Waals surface area contributed by atoms with Crippen LogP contribution in [-0.4, -0.2) is 19.9 Å². The number of rotatable bonds is 3. The fourth-order valence-corrected chi connectivity index (χ4v) is 3.26. The first-order valence-corrected chi connectivity index (χ1v) is 8.64. The van der Waals surface area contributed by atoms with E-state index in [0.717, 1.165) is 5.56 Å². The fourth-order valence-electron chi connectivity index (χ4n) is 1.82. The molecule has 2 rings (SSSR count). The molecule has 0 N–H and O–H groups in total. The van der Waals surface area contributed by atoms with Crippen LogP contribution in [0.15, 0.2) is 55.8 Å². The van der Waals surface area contributed by atoms with E-state index in [1.165, 1.54) is 24.3 Å². The molecule has 0 unspecified atom stereocenters. The third-order valence-corrected chi connectivity index (χ3v) is 4.93. The van der Waals surface area contributed by atoms with Crippen molar-refractivity contribution in [2.75, 3.05) is 0 Å². The molecule has 0 bridgehead atoms. The number of benzene rings is 1. The second kappa shape index (κ2) is 6.36. The molecule has 0 radical (unpaired) electrons. The SMILES string of the molecule is CC(C)c1ccc(S(=O)(=O)N=C2C=C(Cl)C(=O)C(Cl)=C2)cc1. The molecule has 7 heteroatoms. The summed E-state index contributed by atoms with van der Waals surface area (Å²) in [6.45, 7) is 4.03. The van der Waals surface area contributed by atoms with Crippen LogP contribution in [-0.2, 0) is 14.8 Å². The Hall–Kier alpha value is -1.43. The summed E-state index contributed by atoms with van der Waals surface area (Å²) >= 11 is 11.4. The third kappa shape index (κ3) is 3.66. The van der Waals surface area contributed by atoms with Crippen molar-refractivity contribution in [2.24, 2.45) is 4.40 Å². The largest absolute Gasteiger partial charge is 0.287 e. The molecular formula is C15H13Cl2NO3S. The zero-order valence-corrected chi connectivity index (χ0v) is 14.2. The van der Waals surface area contributed by atoms with Crippen molar-refractivity contribution in [1.29, 1.82) is 0 Å². The van der Waals surface area contributed by atoms with E-state index in [-0.39, 0.29) is 20.7 Å². The van der Waals surface area contributed by atoms with Crippen molar-refractivity contribution in [3.8, 4) is 0 Å². The monoisotopic (exact) mass is 357 g/mol. The Morgan fingerprint density at radius 1 is 1.00 bits per heavy atom. The topological polar surface area (TPSA) is 63.6 Å². The minimum Gasteiger partial charge on any atom is -0.287 e. The van der Waals surface area contributed by atoms with E-state index in [0.29, 0.717) is 5.92 Å². The summed E-state index contributed by atoms with van der Waals surface area (Å²) in [6.07, 6.45) is 2.35. The van der Waals surface area contributed by atoms with Gasteiger partial charge < -0.3 is 0 Å². The summed E-state index contributed by atoms with van der Waals surface area (Å²) in [5.41, 5.74) is 1.04. The number of hydrogen-bond donors (Lipinski definition) is 0. The van der Waals surface area contributed by atoms with E-state index in [2.05, 4.69) is 4.40 Å². The van der Waals surface area contributed by atoms with Crippen molar-refractivity contribution in [3.05, 3.63) is 52.0 Å². The number of allylic oxidation sites excluding steroid dienone is 4. The van der Waals surface area contributed by atoms with Crippen molar-refractivity contribution < 1.29 is 13.2 Å². The van der Waals surface area contributed by atoms with Gasteiger partial charge in [-0.2, -0.15) is 12.8 Å². The van der Waals surface area contributed by atoms with Gasteiger partial charge in [-0.1, -0.05) is 49.2 Å². The van der Waals surface area contributed by atoms with Crippen molar-refractivity contribution >= 4 is 44.7 Å². The molecular weight excluding hydrogens is 345 g/mol. The van der Waals surface area contributed by atoms with Crippen molar-refractivity contribution in [3.63, 3.8) is 0 Å². The molecule has 0 atom stereocenters. The van der Waals surface area contributed by atoms with Crippen LogP contribution in [0.5, 0.6) is 0 Å². The van der Waals surface area contributed by atoms with E-state index < -0.39 is 15.8 Å². The Bertz CT molecular complexity index is 780. The highest BCUT2D eigenvalue weighted by Gasteiger charge is 2.20. The van der Waals surface area contributed by atoms with Crippen LogP contribution in [0.4, 0.5) is 0 Å². The molecule has 0 heterocycles. The summed E-state index contributed by atoms with van der Waals surface area (Å²) in [4.78, 5) is 11.5. The smallest absolute Gasteiger partial charge is 0.282 e. The van der Waals surface area contributed by atoms with E-state index in [1.807, 2.05) is 13.8 Å². The first-order chi connectivity index (χ1) is 10.2. The molecule has 1 aliphatic rings. The fraction of sp³-hybridized carbons (Fsp3) is 0.200. The number of carbonyl (C=O) groups excluding carboxylic acids is 1. The van der Waals surface area contributed by atoms with Crippen molar-refractivity contribution in [1.82, 2.24) is 0 Å². The molecule has 0 amide bonds. The Morgan fingerprint density at radius 2 is 1.50 bits per heavy atom. The lowest BCUT2D eigenvalue weighted by Gasteiger charge is -2.08. The number of hydrogen-bond acceptors (Lipinski definition) is 3. The van der Waals surface area contributed by atoms with Gasteiger partial charge in [-0.3, -0.25) is 4.79 Å². The molecule has 22 heavy (non-hydrogen) atoms. The maximum absolute atomic E-state index is 12.3. The van der Waals surface area contributed by atoms with Crippen LogP contribution in [0.1, 0.15) is 25.3 Å². The second-order valence-electron chi connectivity index (χ2n) is 5.03. The highest BCUT2D eigenvalue weighted by Crippen LogP contribution is 2.22. The number of sulfonamides is 1. The lowest BCUT2D eigenvalue weighted by molar-refractivity contribution is -0.111. The predicted octanol–water partition coefficient (Wildman–Crippen LogP) is 3.77. The number of Topliss-reactive ketones (excluding diaryl/α,β-unsaturated/α-hetero) is 1. The quantitative estimate of drug-likeness (QED) is 0.773. The van der Waals surface area contributed by atoms with Gasteiger partial charge in [0.1, 0.15) is 0 Å². The van der Waals surface area contributed by atoms with Gasteiger partial charge in [-0.05, 0) is 35.8 Å². The van der Waals surface area contributed by atoms with Gasteiger partial charge in [0.05, 0.1) is 20.7 Å². The molecule has 0 aromatic heterocycles. The van der Waals surface area contributed by atoms with Gasteiger partial charge in [-0.15, -0.1) is 0 Å². The predicted molar refractivity (Wildman–Crippen MR) is 88.0 cm³/mol. The summed E-state index contributed by atoms with van der Waals surface area (Å²) in [5, 5.41) is -0.340. The lowest BCUT2D eigenvalue weighted by atomic mass is 10.0. The third-order valence-electron chi connectivity index (χ3n) is 3.05. The van der Waals surface area contributed by atoms with Crippen LogP contribution in [0, 0.1) is 0 Å². The molecule has 0 aliphatic heterocycles. The van der Waals surface area contributed by atoms with Gasteiger partial charge in [0.15, 0.2) is 0 Å². The first-order valence-electron chi connectivity index (χ1n) is 6.45. The molecule has 0 saturated carbocycles. The molecule has 0 fully saturated rings. The zero-order chi connectivity index (χ0) is 16.5. The van der Waals surface area contributed by atoms with Gasteiger partial charge in [-0.25, -0.2) is 0 Å². The summed E-state index contributed by atoms with van der Waals surface area (Å²) in [5.74, 6) is -0.253. The standard InChI is InChI=1S/C15H13Cl2NO3S/c1-9(2)10-3-5-12(6-4-10)22(20,21)18-11-7-13(16)15(19)14(17)8-11/h3-9H,1-2H3. The lowest BCUT2D eigenvalue weighted by Crippen LogP contribution is -2.10. The maximum atomic E-state index is 12.3. The number of carbonyl (C=O) groups is 1. The van der Waals surface area contributed by atoms with E-state index in [1.54, 1.807) is 12.1 Å². The summed E-state index contributed by atoms with van der Waals surface area (Å²) in [7, 11) is -3.90. The summed E-state index contributed by atoms with van der Waals surface area (Å²) < 4.78 is 28.2. The zero-order valence-electron chi connectivity index (χ0n) is 11.9. The van der Waals surface area contributed by atoms with Gasteiger partial charge in [0.25, 0.3) is 10.0 Å². The van der Waals surface area contributed by atoms with Crippen LogP contribution < -0.4 is 0 Å². The average Bonchev–Trinajstić information content (AvgIpc) is 2.44.